The van der Waals surface area contributed by atoms with E-state index in [0.29, 0.717) is 18.5 Å². The Bertz CT molecular complexity index is 1030. The number of aryl methyl sites for hydroxylation is 1. The van der Waals surface area contributed by atoms with Gasteiger partial charge >= 0.3 is 0 Å². The molecule has 6 heteroatoms. The van der Waals surface area contributed by atoms with Crippen molar-refractivity contribution in [3.63, 3.8) is 0 Å². The van der Waals surface area contributed by atoms with Crippen LogP contribution in [-0.2, 0) is 16.0 Å². The van der Waals surface area contributed by atoms with Crippen molar-refractivity contribution in [2.75, 3.05) is 24.5 Å². The highest BCUT2D eigenvalue weighted by Gasteiger charge is 2.24. The average Bonchev–Trinajstić information content (AvgIpc) is 3.27. The molecular formula is C29H37N3O3. The molecule has 0 radical (unpaired) electrons. The van der Waals surface area contributed by atoms with Crippen LogP contribution < -0.4 is 15.5 Å². The van der Waals surface area contributed by atoms with Gasteiger partial charge in [0.2, 0.25) is 5.91 Å². The van der Waals surface area contributed by atoms with Crippen molar-refractivity contribution in [1.82, 2.24) is 10.6 Å². The lowest BCUT2D eigenvalue weighted by molar-refractivity contribution is -0.116. The number of hydrogen-bond donors (Lipinski definition) is 2. The summed E-state index contributed by atoms with van der Waals surface area (Å²) in [6.07, 6.45) is 9.35. The lowest BCUT2D eigenvalue weighted by Crippen LogP contribution is -2.27. The van der Waals surface area contributed by atoms with E-state index in [1.54, 1.807) is 6.08 Å². The summed E-state index contributed by atoms with van der Waals surface area (Å²) < 4.78 is 0. The van der Waals surface area contributed by atoms with Gasteiger partial charge in [0.05, 0.1) is 6.04 Å². The molecule has 35 heavy (non-hydrogen) atoms. The predicted octanol–water partition coefficient (Wildman–Crippen LogP) is 4.84. The zero-order valence-corrected chi connectivity index (χ0v) is 20.9. The van der Waals surface area contributed by atoms with Crippen LogP contribution in [0.15, 0.2) is 48.5 Å². The zero-order valence-electron chi connectivity index (χ0n) is 20.9. The van der Waals surface area contributed by atoms with Crippen LogP contribution in [0.25, 0.3) is 6.08 Å². The van der Waals surface area contributed by atoms with E-state index in [0.717, 1.165) is 68.3 Å². The van der Waals surface area contributed by atoms with E-state index in [-0.39, 0.29) is 17.9 Å². The molecule has 1 unspecified atom stereocenters. The van der Waals surface area contributed by atoms with Gasteiger partial charge < -0.3 is 20.3 Å². The number of amides is 2. The minimum Gasteiger partial charge on any atom is -0.372 e. The van der Waals surface area contributed by atoms with Crippen LogP contribution in [0.4, 0.5) is 5.69 Å². The summed E-state index contributed by atoms with van der Waals surface area (Å²) in [5.74, 6) is -0.168. The third-order valence-electron chi connectivity index (χ3n) is 6.53. The van der Waals surface area contributed by atoms with Crippen molar-refractivity contribution in [2.45, 2.75) is 58.4 Å². The highest BCUT2D eigenvalue weighted by molar-refractivity contribution is 5.95. The molecule has 0 saturated heterocycles. The number of carbonyl (C=O) groups is 3. The van der Waals surface area contributed by atoms with Crippen molar-refractivity contribution < 1.29 is 14.4 Å². The maximum atomic E-state index is 12.8. The maximum Gasteiger partial charge on any atom is 0.251 e. The van der Waals surface area contributed by atoms with Gasteiger partial charge in [-0.1, -0.05) is 24.6 Å². The number of rotatable bonds is 13. The molecule has 1 aliphatic rings. The molecule has 2 N–H and O–H groups in total. The van der Waals surface area contributed by atoms with E-state index in [4.69, 9.17) is 0 Å². The molecule has 2 aromatic rings. The van der Waals surface area contributed by atoms with Crippen LogP contribution in [0, 0.1) is 0 Å². The van der Waals surface area contributed by atoms with Gasteiger partial charge in [-0.2, -0.15) is 0 Å². The lowest BCUT2D eigenvalue weighted by Gasteiger charge is -2.21. The fourth-order valence-corrected chi connectivity index (χ4v) is 4.52. The monoisotopic (exact) mass is 475 g/mol. The molecule has 0 saturated carbocycles. The van der Waals surface area contributed by atoms with Gasteiger partial charge in [-0.05, 0) is 86.6 Å². The summed E-state index contributed by atoms with van der Waals surface area (Å²) in [6, 6.07) is 13.9. The van der Waals surface area contributed by atoms with Gasteiger partial charge in [0, 0.05) is 43.4 Å². The lowest BCUT2D eigenvalue weighted by atomic mass is 10.0. The zero-order chi connectivity index (χ0) is 25.0. The SMILES string of the molecule is CCN(CC)c1ccc(C(=O)NC2CCc3cc(/C=C/C(=O)NCCCCCC=O)ccc32)cc1. The van der Waals surface area contributed by atoms with E-state index in [1.807, 2.05) is 36.4 Å². The molecule has 0 spiro atoms. The number of anilines is 1. The molecule has 0 aromatic heterocycles. The minimum absolute atomic E-state index is 0.000464. The van der Waals surface area contributed by atoms with E-state index in [2.05, 4.69) is 41.5 Å². The molecule has 2 aromatic carbocycles. The first-order valence-electron chi connectivity index (χ1n) is 12.7. The first-order chi connectivity index (χ1) is 17.0. The quantitative estimate of drug-likeness (QED) is 0.247. The number of nitrogens with one attached hydrogen (secondary N) is 2. The van der Waals surface area contributed by atoms with E-state index in [1.165, 1.54) is 5.56 Å². The highest BCUT2D eigenvalue weighted by atomic mass is 16.2. The molecule has 0 fully saturated rings. The number of fused-ring (bicyclic) bond motifs is 1. The van der Waals surface area contributed by atoms with Crippen molar-refractivity contribution in [3.05, 3.63) is 70.8 Å². The standard InChI is InChI=1S/C29H37N3O3/c1-3-32(4-2)25-14-11-23(12-15-25)29(35)31-27-17-13-24-21-22(9-16-26(24)27)10-18-28(34)30-19-7-5-6-8-20-33/h9-12,14-16,18,20-21,27H,3-8,13,17,19H2,1-2H3,(H,30,34)(H,31,35)/b18-10+. The van der Waals surface area contributed by atoms with Crippen molar-refractivity contribution >= 4 is 29.9 Å². The Morgan fingerprint density at radius 1 is 1.03 bits per heavy atom. The van der Waals surface area contributed by atoms with Crippen LogP contribution in [-0.4, -0.2) is 37.7 Å². The summed E-state index contributed by atoms with van der Waals surface area (Å²) in [5.41, 5.74) is 5.13. The Balaban J connectivity index is 1.52. The second kappa shape index (κ2) is 13.5. The van der Waals surface area contributed by atoms with Crippen molar-refractivity contribution in [1.29, 1.82) is 0 Å². The smallest absolute Gasteiger partial charge is 0.251 e. The molecule has 186 valence electrons. The second-order valence-corrected chi connectivity index (χ2v) is 8.88. The first kappa shape index (κ1) is 26.2. The number of nitrogens with zero attached hydrogens (tertiary/aromatic N) is 1. The third kappa shape index (κ3) is 7.54. The number of benzene rings is 2. The number of aldehydes is 1. The second-order valence-electron chi connectivity index (χ2n) is 8.88. The molecular weight excluding hydrogens is 438 g/mol. The van der Waals surface area contributed by atoms with E-state index < -0.39 is 0 Å². The van der Waals surface area contributed by atoms with Gasteiger partial charge in [-0.25, -0.2) is 0 Å². The van der Waals surface area contributed by atoms with Gasteiger partial charge in [-0.15, -0.1) is 0 Å². The summed E-state index contributed by atoms with van der Waals surface area (Å²) in [7, 11) is 0. The number of hydrogen-bond acceptors (Lipinski definition) is 4. The summed E-state index contributed by atoms with van der Waals surface area (Å²) in [4.78, 5) is 37.4. The van der Waals surface area contributed by atoms with Gasteiger partial charge in [0.15, 0.2) is 0 Å². The van der Waals surface area contributed by atoms with Gasteiger partial charge in [0.1, 0.15) is 6.29 Å². The summed E-state index contributed by atoms with van der Waals surface area (Å²) in [6.45, 7) is 6.74. The Kier molecular flexibility index (Phi) is 10.1. The highest BCUT2D eigenvalue weighted by Crippen LogP contribution is 2.32. The van der Waals surface area contributed by atoms with Gasteiger partial charge in [-0.3, -0.25) is 9.59 Å². The predicted molar refractivity (Wildman–Crippen MR) is 142 cm³/mol. The molecule has 0 bridgehead atoms. The molecule has 0 aliphatic heterocycles. The van der Waals surface area contributed by atoms with Crippen LogP contribution in [0.1, 0.15) is 79.0 Å². The van der Waals surface area contributed by atoms with Crippen molar-refractivity contribution in [3.8, 4) is 0 Å². The van der Waals surface area contributed by atoms with Gasteiger partial charge in [0.25, 0.3) is 5.91 Å². The molecule has 2 amide bonds. The fraction of sp³-hybridized carbons (Fsp3) is 0.414. The van der Waals surface area contributed by atoms with Crippen LogP contribution in [0.3, 0.4) is 0 Å². The molecule has 3 rings (SSSR count). The third-order valence-corrected chi connectivity index (χ3v) is 6.53. The Morgan fingerprint density at radius 2 is 1.80 bits per heavy atom. The number of unbranched alkanes of at least 4 members (excludes halogenated alkanes) is 3. The fourth-order valence-electron chi connectivity index (χ4n) is 4.52. The van der Waals surface area contributed by atoms with Crippen LogP contribution in [0.5, 0.6) is 0 Å². The largest absolute Gasteiger partial charge is 0.372 e. The van der Waals surface area contributed by atoms with Crippen LogP contribution >= 0.6 is 0 Å². The topological polar surface area (TPSA) is 78.5 Å². The minimum atomic E-state index is -0.113. The normalized spacial score (nSPS) is 14.5. The number of carbonyl (C=O) groups excluding carboxylic acids is 3. The van der Waals surface area contributed by atoms with E-state index >= 15 is 0 Å². The Labute approximate surface area is 208 Å². The molecule has 1 aliphatic carbocycles. The Morgan fingerprint density at radius 3 is 2.51 bits per heavy atom. The molecule has 1 atom stereocenters. The summed E-state index contributed by atoms with van der Waals surface area (Å²) in [5, 5.41) is 6.06. The van der Waals surface area contributed by atoms with Crippen molar-refractivity contribution in [2.24, 2.45) is 0 Å². The van der Waals surface area contributed by atoms with E-state index in [9.17, 15) is 14.4 Å². The molecule has 6 nitrogen and oxygen atoms in total. The Hall–Kier alpha value is -3.41. The average molecular weight is 476 g/mol. The molecule has 0 heterocycles. The first-order valence-corrected chi connectivity index (χ1v) is 12.7. The summed E-state index contributed by atoms with van der Waals surface area (Å²) >= 11 is 0. The maximum absolute atomic E-state index is 12.8. The van der Waals surface area contributed by atoms with Crippen LogP contribution in [0.2, 0.25) is 0 Å².